The first-order valence-electron chi connectivity index (χ1n) is 3.95. The molecule has 32 valence electrons. The standard InChI is InChI=1S/C2H4O2.H3N/c1-2(3)4;/h1H3,(H,3,4);1H3/i1D3;/hD4. The molecule has 0 saturated heterocycles. The molecule has 0 aromatic carbocycles. The quantitative estimate of drug-likeness (QED) is 0.414. The number of quaternary nitrogens is 1. The topological polar surface area (TPSA) is 76.6 Å². The highest BCUT2D eigenvalue weighted by Crippen LogP contribution is 1.31. The van der Waals surface area contributed by atoms with Gasteiger partial charge in [0.25, 0.3) is 0 Å². The van der Waals surface area contributed by atoms with Gasteiger partial charge in [-0.3, -0.25) is 0 Å². The van der Waals surface area contributed by atoms with Crippen LogP contribution in [0.25, 0.3) is 0 Å². The van der Waals surface area contributed by atoms with Crippen molar-refractivity contribution in [1.82, 2.24) is 6.12 Å². The summed E-state index contributed by atoms with van der Waals surface area (Å²) in [6.07, 6.45) is -2.00. The molecule has 0 heterocycles. The Morgan fingerprint density at radius 2 is 2.80 bits per heavy atom. The highest BCUT2D eigenvalue weighted by Gasteiger charge is 1.46. The number of carboxylic acids is 1. The molecule has 0 fully saturated rings. The van der Waals surface area contributed by atoms with E-state index in [9.17, 15) is 9.90 Å². The molecule has 5 heavy (non-hydrogen) atoms. The molecule has 0 spiro atoms. The third-order valence-corrected chi connectivity index (χ3v) is 0. The molecule has 0 amide bonds. The van der Waals surface area contributed by atoms with Crippen LogP contribution < -0.4 is 11.2 Å². The van der Waals surface area contributed by atoms with Crippen LogP contribution in [0.5, 0.6) is 0 Å². The molecule has 3 nitrogen and oxygen atoms in total. The van der Waals surface area contributed by atoms with Crippen molar-refractivity contribution in [3.63, 3.8) is 0 Å². The molecule has 0 rings (SSSR count). The Kier molecular flexibility index (Phi) is 0.402. The van der Waals surface area contributed by atoms with Crippen molar-refractivity contribution in [3.05, 3.63) is 0 Å². The van der Waals surface area contributed by atoms with Crippen LogP contribution in [-0.4, -0.2) is 5.97 Å². The molecule has 0 aromatic heterocycles. The zero-order valence-electron chi connectivity index (χ0n) is 9.26. The molecule has 0 atom stereocenters. The lowest BCUT2D eigenvalue weighted by Gasteiger charge is -1.77. The van der Waals surface area contributed by atoms with Crippen LogP contribution in [0.3, 0.4) is 0 Å². The summed E-state index contributed by atoms with van der Waals surface area (Å²) in [5, 5.41) is 9.35. The highest BCUT2D eigenvalue weighted by molar-refractivity contribution is 5.60. The van der Waals surface area contributed by atoms with Crippen LogP contribution in [-0.2, 0) is 4.79 Å². The van der Waals surface area contributed by atoms with Gasteiger partial charge in [0, 0.05) is 10.1 Å². The fraction of sp³-hybridized carbons (Fsp3) is 0.500. The van der Waals surface area contributed by atoms with Crippen LogP contribution in [0.15, 0.2) is 0 Å². The number of hydrogen-bond acceptors (Lipinski definition) is 2. The highest BCUT2D eigenvalue weighted by atomic mass is 16.4. The van der Waals surface area contributed by atoms with E-state index >= 15 is 0 Å². The van der Waals surface area contributed by atoms with Crippen molar-refractivity contribution in [2.75, 3.05) is 0 Å². The lowest BCUT2D eigenvalue weighted by atomic mass is 10.9. The van der Waals surface area contributed by atoms with Gasteiger partial charge in [-0.15, -0.1) is 0 Å². The molecule has 0 saturated carbocycles. The number of rotatable bonds is 0. The van der Waals surface area contributed by atoms with Crippen LogP contribution in [0.1, 0.15) is 11.0 Å². The molecule has 0 aliphatic carbocycles. The molecule has 0 aliphatic heterocycles. The van der Waals surface area contributed by atoms with E-state index in [4.69, 9.17) is 9.76 Å². The first-order chi connectivity index (χ1) is 4.94. The van der Waals surface area contributed by atoms with Gasteiger partial charge in [0.05, 0.1) is 0 Å². The molecular formula is C2H7NO2. The van der Waals surface area contributed by atoms with E-state index in [2.05, 4.69) is 0 Å². The predicted octanol–water partition coefficient (Wildman–Crippen LogP) is -0.868. The molecule has 4 N–H and O–H groups in total. The largest absolute Gasteiger partial charge is 0.550 e. The van der Waals surface area contributed by atoms with E-state index < -0.39 is 18.9 Å². The minimum atomic E-state index is -2.94. The van der Waals surface area contributed by atoms with Gasteiger partial charge in [0.15, 0.2) is 0 Å². The lowest BCUT2D eigenvalue weighted by molar-refractivity contribution is -0.302. The normalized spacial score (nSPS) is 29.2. The second-order valence-electron chi connectivity index (χ2n) is 0.287. The molecule has 0 unspecified atom stereocenters. The zero-order chi connectivity index (χ0) is 10.6. The van der Waals surface area contributed by atoms with Crippen molar-refractivity contribution >= 4 is 5.97 Å². The van der Waals surface area contributed by atoms with Gasteiger partial charge >= 0.3 is 5.65 Å². The van der Waals surface area contributed by atoms with E-state index in [1.807, 2.05) is 0 Å². The van der Waals surface area contributed by atoms with E-state index in [-0.39, 0.29) is 0 Å². The number of hydrogen-bond donors (Lipinski definition) is 1. The van der Waals surface area contributed by atoms with Gasteiger partial charge in [0.1, 0.15) is 0 Å². The Morgan fingerprint density at radius 1 is 2.60 bits per heavy atom. The van der Waals surface area contributed by atoms with Gasteiger partial charge in [-0.1, -0.05) is 0 Å². The lowest BCUT2D eigenvalue weighted by Crippen LogP contribution is -2.16. The van der Waals surface area contributed by atoms with E-state index in [1.165, 1.54) is 0 Å². The summed E-state index contributed by atoms with van der Waals surface area (Å²) in [5.41, 5.74) is 0. The Hall–Kier alpha value is -0.570. The van der Waals surface area contributed by atoms with Gasteiger partial charge in [-0.2, -0.15) is 0 Å². The van der Waals surface area contributed by atoms with Crippen LogP contribution >= 0.6 is 0 Å². The third kappa shape index (κ3) is 21.6. The Labute approximate surface area is 40.3 Å². The summed E-state index contributed by atoms with van der Waals surface area (Å²) in [6, 6.07) is 0. The average molecular weight is 84.1 g/mol. The van der Waals surface area contributed by atoms with Crippen LogP contribution in [0.4, 0.5) is 0 Å². The van der Waals surface area contributed by atoms with Crippen molar-refractivity contribution in [1.29, 1.82) is 0 Å². The van der Waals surface area contributed by atoms with Crippen molar-refractivity contribution in [2.24, 2.45) is 0 Å². The fourth-order valence-electron chi connectivity index (χ4n) is 0. The smallest absolute Gasteiger partial charge is 0.342 e. The summed E-state index contributed by atoms with van der Waals surface area (Å²) in [6.45, 7) is -2.94. The van der Waals surface area contributed by atoms with E-state index in [0.29, 0.717) is 0 Å². The summed E-state index contributed by atoms with van der Waals surface area (Å²) in [5.74, 6) is -2.01. The van der Waals surface area contributed by atoms with E-state index in [0.717, 1.165) is 0 Å². The Morgan fingerprint density at radius 3 is 2.80 bits per heavy atom. The zero-order valence-corrected chi connectivity index (χ0v) is 2.26. The number of aliphatic carboxylic acids is 1. The molecule has 0 aromatic rings. The molecule has 0 radical (unpaired) electrons. The average Bonchev–Trinajstić information content (AvgIpc) is 1.55. The Balaban J connectivity index is 0. The minimum absolute atomic E-state index is 2.00. The SMILES string of the molecule is [2H]C([2H])([2H])C(=O)[O-].[2H][N+]([2H])([2H])[2H]. The summed E-state index contributed by atoms with van der Waals surface area (Å²) >= 11 is 0. The Bertz CT molecular complexity index is 140. The second kappa shape index (κ2) is 3.43. The summed E-state index contributed by atoms with van der Waals surface area (Å²) < 4.78 is 41.7. The number of carboxylic acid groups (broad SMARTS) is 1. The van der Waals surface area contributed by atoms with Crippen molar-refractivity contribution < 1.29 is 19.7 Å². The molecule has 3 heteroatoms. The van der Waals surface area contributed by atoms with Gasteiger partial charge in [-0.25, -0.2) is 0 Å². The molecule has 0 bridgehead atoms. The van der Waals surface area contributed by atoms with Gasteiger partial charge in [0.2, 0.25) is 0 Å². The first kappa shape index (κ1) is 0.586. The van der Waals surface area contributed by atoms with Gasteiger partial charge in [-0.05, 0) is 6.85 Å². The summed E-state index contributed by atoms with van der Waals surface area (Å²) in [4.78, 5) is 9.35. The third-order valence-electron chi connectivity index (χ3n) is 0. The maximum Gasteiger partial charge on any atom is 0.342 e. The van der Waals surface area contributed by atoms with Crippen LogP contribution in [0.2, 0.25) is 5.65 Å². The number of carbonyl (C=O) groups excluding carboxylic acids is 1. The van der Waals surface area contributed by atoms with Gasteiger partial charge < -0.3 is 16.0 Å². The maximum atomic E-state index is 9.35. The maximum absolute atomic E-state index is 9.35. The monoisotopic (exact) mass is 84.1 g/mol. The number of carbonyl (C=O) groups is 1. The predicted molar refractivity (Wildman–Crippen MR) is 16.7 cm³/mol. The van der Waals surface area contributed by atoms with Crippen LogP contribution in [0, 0.1) is 0 Å². The first-order valence-corrected chi connectivity index (χ1v) is 0.658. The minimum Gasteiger partial charge on any atom is -0.550 e. The molecule has 0 aliphatic rings. The van der Waals surface area contributed by atoms with Crippen molar-refractivity contribution in [2.45, 2.75) is 6.85 Å². The molecular weight excluding hydrogens is 70.0 g/mol. The second-order valence-corrected chi connectivity index (χ2v) is 0.287. The summed E-state index contributed by atoms with van der Waals surface area (Å²) in [7, 11) is 0. The van der Waals surface area contributed by atoms with E-state index in [1.54, 1.807) is 0 Å². The van der Waals surface area contributed by atoms with Crippen molar-refractivity contribution in [3.8, 4) is 0 Å². The fourth-order valence-corrected chi connectivity index (χ4v) is 0.